The van der Waals surface area contributed by atoms with Gasteiger partial charge in [0.25, 0.3) is 0 Å². The van der Waals surface area contributed by atoms with Crippen LogP contribution in [0.3, 0.4) is 0 Å². The summed E-state index contributed by atoms with van der Waals surface area (Å²) >= 11 is 0. The van der Waals surface area contributed by atoms with E-state index in [1.54, 1.807) is 0 Å². The molecule has 1 saturated heterocycles. The topological polar surface area (TPSA) is 53.1 Å². The monoisotopic (exact) mass is 159 g/mol. The molecule has 0 spiro atoms. The minimum atomic E-state index is -0.866. The summed E-state index contributed by atoms with van der Waals surface area (Å²) in [5, 5.41) is 8.61. The van der Waals surface area contributed by atoms with Crippen LogP contribution in [0.15, 0.2) is 0 Å². The second kappa shape index (κ2) is 3.09. The number of epoxide rings is 1. The number of amides is 1. The molecule has 2 atom stereocenters. The Morgan fingerprint density at radius 1 is 1.73 bits per heavy atom. The Morgan fingerprint density at radius 2 is 2.27 bits per heavy atom. The van der Waals surface area contributed by atoms with Gasteiger partial charge in [0.15, 0.2) is 0 Å². The van der Waals surface area contributed by atoms with Crippen LogP contribution in [-0.4, -0.2) is 41.4 Å². The molecular weight excluding hydrogens is 146 g/mol. The molecule has 0 radical (unpaired) electrons. The Morgan fingerprint density at radius 3 is 2.55 bits per heavy atom. The molecule has 0 bridgehead atoms. The van der Waals surface area contributed by atoms with Gasteiger partial charge >= 0.3 is 6.09 Å². The number of likely N-dealkylation sites (N-methyl/N-ethyl adjacent to an activating group) is 1. The Kier molecular flexibility index (Phi) is 2.34. The smallest absolute Gasteiger partial charge is 0.407 e. The van der Waals surface area contributed by atoms with Crippen LogP contribution in [0.4, 0.5) is 4.79 Å². The van der Waals surface area contributed by atoms with Gasteiger partial charge in [-0.3, -0.25) is 0 Å². The third-order valence-electron chi connectivity index (χ3n) is 1.89. The SMILES string of the molecule is CCN(CC1OC1C)C(=O)O. The lowest BCUT2D eigenvalue weighted by molar-refractivity contribution is 0.143. The van der Waals surface area contributed by atoms with E-state index in [-0.39, 0.29) is 12.2 Å². The Bertz CT molecular complexity index is 160. The fraction of sp³-hybridized carbons (Fsp3) is 0.857. The molecule has 0 aromatic heterocycles. The third kappa shape index (κ3) is 2.08. The number of hydrogen-bond acceptors (Lipinski definition) is 2. The van der Waals surface area contributed by atoms with Crippen molar-refractivity contribution < 1.29 is 14.6 Å². The quantitative estimate of drug-likeness (QED) is 0.619. The largest absolute Gasteiger partial charge is 0.465 e. The van der Waals surface area contributed by atoms with Crippen molar-refractivity contribution in [1.82, 2.24) is 4.90 Å². The van der Waals surface area contributed by atoms with E-state index in [1.807, 2.05) is 13.8 Å². The van der Waals surface area contributed by atoms with Gasteiger partial charge < -0.3 is 14.7 Å². The van der Waals surface area contributed by atoms with E-state index < -0.39 is 6.09 Å². The highest BCUT2D eigenvalue weighted by molar-refractivity contribution is 5.64. The van der Waals surface area contributed by atoms with Crippen LogP contribution in [0.5, 0.6) is 0 Å². The number of nitrogens with zero attached hydrogens (tertiary/aromatic N) is 1. The third-order valence-corrected chi connectivity index (χ3v) is 1.89. The molecular formula is C7H13NO3. The summed E-state index contributed by atoms with van der Waals surface area (Å²) in [6.07, 6.45) is -0.496. The molecule has 64 valence electrons. The van der Waals surface area contributed by atoms with Gasteiger partial charge in [0.05, 0.1) is 12.6 Å². The van der Waals surface area contributed by atoms with E-state index in [1.165, 1.54) is 4.90 Å². The Hall–Kier alpha value is -0.770. The second-order valence-electron chi connectivity index (χ2n) is 2.70. The summed E-state index contributed by atoms with van der Waals surface area (Å²) in [7, 11) is 0. The molecule has 1 amide bonds. The zero-order valence-corrected chi connectivity index (χ0v) is 6.78. The van der Waals surface area contributed by atoms with Gasteiger partial charge in [-0.25, -0.2) is 4.79 Å². The summed E-state index contributed by atoms with van der Waals surface area (Å²) in [6.45, 7) is 4.80. The summed E-state index contributed by atoms with van der Waals surface area (Å²) < 4.78 is 5.09. The predicted molar refractivity (Wildman–Crippen MR) is 39.6 cm³/mol. The maximum Gasteiger partial charge on any atom is 0.407 e. The Balaban J connectivity index is 2.27. The molecule has 11 heavy (non-hydrogen) atoms. The molecule has 4 nitrogen and oxygen atoms in total. The fourth-order valence-corrected chi connectivity index (χ4v) is 0.981. The molecule has 1 fully saturated rings. The molecule has 1 N–H and O–H groups in total. The van der Waals surface area contributed by atoms with Gasteiger partial charge in [-0.15, -0.1) is 0 Å². The van der Waals surface area contributed by atoms with E-state index in [4.69, 9.17) is 9.84 Å². The number of rotatable bonds is 3. The molecule has 1 rings (SSSR count). The highest BCUT2D eigenvalue weighted by Crippen LogP contribution is 2.21. The first kappa shape index (κ1) is 8.33. The van der Waals surface area contributed by atoms with E-state index >= 15 is 0 Å². The van der Waals surface area contributed by atoms with Crippen LogP contribution >= 0.6 is 0 Å². The van der Waals surface area contributed by atoms with Crippen molar-refractivity contribution in [2.45, 2.75) is 26.1 Å². The number of carbonyl (C=O) groups is 1. The molecule has 1 aliphatic rings. The van der Waals surface area contributed by atoms with Crippen LogP contribution in [-0.2, 0) is 4.74 Å². The normalized spacial score (nSPS) is 28.2. The Labute approximate surface area is 65.8 Å². The van der Waals surface area contributed by atoms with Crippen molar-refractivity contribution in [2.75, 3.05) is 13.1 Å². The molecule has 1 aliphatic heterocycles. The van der Waals surface area contributed by atoms with Crippen molar-refractivity contribution in [3.05, 3.63) is 0 Å². The number of carboxylic acid groups (broad SMARTS) is 1. The minimum absolute atomic E-state index is 0.131. The van der Waals surface area contributed by atoms with Crippen molar-refractivity contribution >= 4 is 6.09 Å². The van der Waals surface area contributed by atoms with Gasteiger partial charge in [0.2, 0.25) is 0 Å². The van der Waals surface area contributed by atoms with Crippen LogP contribution < -0.4 is 0 Å². The number of ether oxygens (including phenoxy) is 1. The lowest BCUT2D eigenvalue weighted by Crippen LogP contribution is -2.33. The highest BCUT2D eigenvalue weighted by atomic mass is 16.6. The lowest BCUT2D eigenvalue weighted by Gasteiger charge is -2.14. The molecule has 0 aromatic rings. The van der Waals surface area contributed by atoms with Gasteiger partial charge in [0.1, 0.15) is 6.10 Å². The summed E-state index contributed by atoms with van der Waals surface area (Å²) in [6, 6.07) is 0. The summed E-state index contributed by atoms with van der Waals surface area (Å²) in [5.41, 5.74) is 0. The van der Waals surface area contributed by atoms with E-state index in [9.17, 15) is 4.79 Å². The van der Waals surface area contributed by atoms with Crippen LogP contribution in [0.25, 0.3) is 0 Å². The van der Waals surface area contributed by atoms with Crippen molar-refractivity contribution in [3.8, 4) is 0 Å². The fourth-order valence-electron chi connectivity index (χ4n) is 0.981. The first-order chi connectivity index (χ1) is 5.15. The highest BCUT2D eigenvalue weighted by Gasteiger charge is 2.36. The maximum atomic E-state index is 10.5. The molecule has 4 heteroatoms. The van der Waals surface area contributed by atoms with Crippen LogP contribution in [0.2, 0.25) is 0 Å². The maximum absolute atomic E-state index is 10.5. The zero-order chi connectivity index (χ0) is 8.43. The van der Waals surface area contributed by atoms with Crippen LogP contribution in [0, 0.1) is 0 Å². The predicted octanol–water partition coefficient (Wildman–Crippen LogP) is 0.774. The van der Waals surface area contributed by atoms with E-state index in [2.05, 4.69) is 0 Å². The summed E-state index contributed by atoms with van der Waals surface area (Å²) in [4.78, 5) is 11.8. The molecule has 0 aliphatic carbocycles. The van der Waals surface area contributed by atoms with Gasteiger partial charge in [-0.05, 0) is 13.8 Å². The second-order valence-corrected chi connectivity index (χ2v) is 2.70. The van der Waals surface area contributed by atoms with Gasteiger partial charge in [0, 0.05) is 6.54 Å². The van der Waals surface area contributed by atoms with Crippen LogP contribution in [0.1, 0.15) is 13.8 Å². The average Bonchev–Trinajstić information content (AvgIpc) is 2.61. The zero-order valence-electron chi connectivity index (χ0n) is 6.78. The average molecular weight is 159 g/mol. The molecule has 2 unspecified atom stereocenters. The molecule has 0 aromatic carbocycles. The molecule has 0 saturated carbocycles. The van der Waals surface area contributed by atoms with Gasteiger partial charge in [-0.2, -0.15) is 0 Å². The van der Waals surface area contributed by atoms with E-state index in [0.717, 1.165) is 0 Å². The first-order valence-electron chi connectivity index (χ1n) is 3.78. The van der Waals surface area contributed by atoms with Gasteiger partial charge in [-0.1, -0.05) is 0 Å². The first-order valence-corrected chi connectivity index (χ1v) is 3.78. The number of hydrogen-bond donors (Lipinski definition) is 1. The molecule has 1 heterocycles. The standard InChI is InChI=1S/C7H13NO3/c1-3-8(7(9)10)4-6-5(2)11-6/h5-6H,3-4H2,1-2H3,(H,9,10). The van der Waals surface area contributed by atoms with E-state index in [0.29, 0.717) is 13.1 Å². The van der Waals surface area contributed by atoms with Crippen molar-refractivity contribution in [3.63, 3.8) is 0 Å². The van der Waals surface area contributed by atoms with Crippen molar-refractivity contribution in [1.29, 1.82) is 0 Å². The summed E-state index contributed by atoms with van der Waals surface area (Å²) in [5.74, 6) is 0. The minimum Gasteiger partial charge on any atom is -0.465 e. The van der Waals surface area contributed by atoms with Crippen molar-refractivity contribution in [2.24, 2.45) is 0 Å². The lowest BCUT2D eigenvalue weighted by atomic mass is 10.3.